The fraction of sp³-hybridized carbons (Fsp3) is 0.857. The van der Waals surface area contributed by atoms with Crippen molar-refractivity contribution in [2.75, 3.05) is 0 Å². The quantitative estimate of drug-likeness (QED) is 0.545. The molecule has 16 heavy (non-hydrogen) atoms. The molecule has 0 aromatic carbocycles. The largest absolute Gasteiger partial charge is 0.378 e. The molecule has 0 bridgehead atoms. The van der Waals surface area contributed by atoms with E-state index in [1.807, 2.05) is 0 Å². The molecule has 0 heterocycles. The van der Waals surface area contributed by atoms with E-state index < -0.39 is 32.9 Å². The summed E-state index contributed by atoms with van der Waals surface area (Å²) in [5.41, 5.74) is 0. The molecule has 0 aliphatic carbocycles. The average molecular weight is 271 g/mol. The van der Waals surface area contributed by atoms with E-state index in [0.29, 0.717) is 0 Å². The molecule has 0 saturated heterocycles. The van der Waals surface area contributed by atoms with Gasteiger partial charge < -0.3 is 4.43 Å². The molecule has 0 aromatic heterocycles. The lowest BCUT2D eigenvalue weighted by Crippen LogP contribution is -2.51. The van der Waals surface area contributed by atoms with Gasteiger partial charge in [0, 0.05) is 0 Å². The van der Waals surface area contributed by atoms with E-state index in [1.165, 1.54) is 19.6 Å². The second-order valence-electron chi connectivity index (χ2n) is 3.99. The highest BCUT2D eigenvalue weighted by molar-refractivity contribution is 6.69. The van der Waals surface area contributed by atoms with Gasteiger partial charge >= 0.3 is 24.6 Å². The molecule has 0 amide bonds. The van der Waals surface area contributed by atoms with Crippen molar-refractivity contribution in [1.29, 1.82) is 0 Å². The van der Waals surface area contributed by atoms with Crippen molar-refractivity contribution in [2.45, 2.75) is 37.9 Å². The fourth-order valence-electron chi connectivity index (χ4n) is 0.601. The summed E-state index contributed by atoms with van der Waals surface area (Å²) >= 11 is 0. The summed E-state index contributed by atoms with van der Waals surface area (Å²) in [6.45, 7) is 3.72. The molecular formula is C7H10F7OSi. The monoisotopic (exact) mass is 271 g/mol. The van der Waals surface area contributed by atoms with E-state index in [9.17, 15) is 30.7 Å². The van der Waals surface area contributed by atoms with Crippen LogP contribution < -0.4 is 0 Å². The minimum atomic E-state index is -5.79. The predicted molar refractivity (Wildman–Crippen MR) is 44.7 cm³/mol. The lowest BCUT2D eigenvalue weighted by molar-refractivity contribution is -0.281. The highest BCUT2D eigenvalue weighted by Crippen LogP contribution is 2.46. The summed E-state index contributed by atoms with van der Waals surface area (Å²) in [5, 5.41) is 0. The van der Waals surface area contributed by atoms with Crippen LogP contribution in [0.3, 0.4) is 0 Å². The Kier molecular flexibility index (Phi) is 4.43. The Morgan fingerprint density at radius 2 is 1.44 bits per heavy atom. The van der Waals surface area contributed by atoms with Crippen molar-refractivity contribution in [3.63, 3.8) is 0 Å². The maximum Gasteiger partial charge on any atom is 0.378 e. The van der Waals surface area contributed by atoms with Gasteiger partial charge in [-0.2, -0.15) is 22.0 Å². The van der Waals surface area contributed by atoms with Crippen LogP contribution in [-0.4, -0.2) is 26.6 Å². The molecule has 0 N–H and O–H groups in total. The molecule has 0 fully saturated rings. The summed E-state index contributed by atoms with van der Waals surface area (Å²) in [6, 6.07) is 0. The normalized spacial score (nSPS) is 15.0. The van der Waals surface area contributed by atoms with Gasteiger partial charge in [0.15, 0.2) is 8.32 Å². The topological polar surface area (TPSA) is 9.23 Å². The van der Waals surface area contributed by atoms with Crippen molar-refractivity contribution in [2.24, 2.45) is 0 Å². The summed E-state index contributed by atoms with van der Waals surface area (Å²) in [7, 11) is -2.91. The third-order valence-corrected chi connectivity index (χ3v) is 2.13. The van der Waals surface area contributed by atoms with E-state index in [1.54, 1.807) is 0 Å². The summed E-state index contributed by atoms with van der Waals surface area (Å²) < 4.78 is 89.9. The molecule has 0 aliphatic heterocycles. The SMILES string of the molecule is C[Si](C)(C)O[C](F)C(F)(F)C(F)(F)C(F)F. The van der Waals surface area contributed by atoms with Crippen LogP contribution in [0.5, 0.6) is 0 Å². The van der Waals surface area contributed by atoms with Gasteiger partial charge in [0.05, 0.1) is 0 Å². The molecular weight excluding hydrogens is 261 g/mol. The van der Waals surface area contributed by atoms with Crippen LogP contribution in [0.25, 0.3) is 0 Å². The van der Waals surface area contributed by atoms with Gasteiger partial charge in [-0.3, -0.25) is 0 Å². The maximum atomic E-state index is 12.7. The fourth-order valence-corrected chi connectivity index (χ4v) is 1.27. The minimum absolute atomic E-state index is 1.24. The standard InChI is InChI=1S/C7H10F7OSi/c1-16(2,3)15-5(10)7(13,14)6(11,12)4(8)9/h4H,1-3H3. The van der Waals surface area contributed by atoms with Gasteiger partial charge in [0.1, 0.15) is 0 Å². The molecule has 1 radical (unpaired) electrons. The minimum Gasteiger partial charge on any atom is -0.378 e. The molecule has 0 saturated carbocycles. The van der Waals surface area contributed by atoms with Crippen molar-refractivity contribution in [3.8, 4) is 0 Å². The van der Waals surface area contributed by atoms with Crippen LogP contribution in [0.4, 0.5) is 30.7 Å². The van der Waals surface area contributed by atoms with Gasteiger partial charge in [-0.05, 0) is 19.6 Å². The number of hydrogen-bond donors (Lipinski definition) is 0. The molecule has 0 aliphatic rings. The Morgan fingerprint density at radius 3 is 1.69 bits per heavy atom. The van der Waals surface area contributed by atoms with Crippen LogP contribution in [0.2, 0.25) is 19.6 Å². The van der Waals surface area contributed by atoms with Crippen molar-refractivity contribution < 1.29 is 35.2 Å². The van der Waals surface area contributed by atoms with Crippen LogP contribution in [-0.2, 0) is 4.43 Å². The van der Waals surface area contributed by atoms with Crippen LogP contribution >= 0.6 is 0 Å². The first kappa shape index (κ1) is 15.7. The third kappa shape index (κ3) is 3.34. The molecule has 0 unspecified atom stereocenters. The first-order chi connectivity index (χ1) is 6.82. The number of rotatable bonds is 5. The van der Waals surface area contributed by atoms with E-state index in [0.717, 1.165) is 0 Å². The van der Waals surface area contributed by atoms with E-state index >= 15 is 0 Å². The third-order valence-electron chi connectivity index (χ3n) is 1.34. The van der Waals surface area contributed by atoms with Gasteiger partial charge in [0.2, 0.25) is 0 Å². The lowest BCUT2D eigenvalue weighted by atomic mass is 10.2. The number of hydrogen-bond acceptors (Lipinski definition) is 1. The summed E-state index contributed by atoms with van der Waals surface area (Å²) in [4.78, 5) is 0. The van der Waals surface area contributed by atoms with Crippen molar-refractivity contribution >= 4 is 8.32 Å². The molecule has 0 spiro atoms. The van der Waals surface area contributed by atoms with Crippen LogP contribution in [0, 0.1) is 6.36 Å². The zero-order valence-corrected chi connectivity index (χ0v) is 9.63. The van der Waals surface area contributed by atoms with Gasteiger partial charge in [-0.1, -0.05) is 0 Å². The Hall–Kier alpha value is -0.313. The van der Waals surface area contributed by atoms with E-state index in [-0.39, 0.29) is 0 Å². The molecule has 0 aromatic rings. The highest BCUT2D eigenvalue weighted by Gasteiger charge is 2.69. The predicted octanol–water partition coefficient (Wildman–Crippen LogP) is 3.83. The second-order valence-corrected chi connectivity index (χ2v) is 8.42. The highest BCUT2D eigenvalue weighted by atomic mass is 28.4. The Bertz CT molecular complexity index is 237. The number of halogens is 7. The molecule has 0 atom stereocenters. The van der Waals surface area contributed by atoms with E-state index in [2.05, 4.69) is 4.43 Å². The van der Waals surface area contributed by atoms with Gasteiger partial charge in [-0.25, -0.2) is 8.78 Å². The molecule has 97 valence electrons. The zero-order chi connectivity index (χ0) is 13.4. The summed E-state index contributed by atoms with van der Waals surface area (Å²) in [6.07, 6.45) is -7.55. The Labute approximate surface area is 88.7 Å². The maximum absolute atomic E-state index is 12.7. The van der Waals surface area contributed by atoms with Gasteiger partial charge in [-0.15, -0.1) is 0 Å². The van der Waals surface area contributed by atoms with Crippen molar-refractivity contribution in [1.82, 2.24) is 0 Å². The van der Waals surface area contributed by atoms with Gasteiger partial charge in [0.25, 0.3) is 0 Å². The Morgan fingerprint density at radius 1 is 1.06 bits per heavy atom. The molecule has 0 rings (SSSR count). The zero-order valence-electron chi connectivity index (χ0n) is 8.63. The lowest BCUT2D eigenvalue weighted by Gasteiger charge is -2.30. The first-order valence-electron chi connectivity index (χ1n) is 4.08. The molecule has 1 nitrogen and oxygen atoms in total. The summed E-state index contributed by atoms with van der Waals surface area (Å²) in [5.74, 6) is -11.4. The smallest absolute Gasteiger partial charge is 0.378 e. The molecule has 9 heteroatoms. The van der Waals surface area contributed by atoms with Crippen molar-refractivity contribution in [3.05, 3.63) is 6.36 Å². The average Bonchev–Trinajstić information content (AvgIpc) is 1.99. The first-order valence-corrected chi connectivity index (χ1v) is 7.49. The van der Waals surface area contributed by atoms with Crippen LogP contribution in [0.15, 0.2) is 0 Å². The van der Waals surface area contributed by atoms with Crippen LogP contribution in [0.1, 0.15) is 0 Å². The number of alkyl halides is 6. The second kappa shape index (κ2) is 4.51. The van der Waals surface area contributed by atoms with E-state index in [4.69, 9.17) is 0 Å². The Balaban J connectivity index is 4.91.